The van der Waals surface area contributed by atoms with Crippen molar-refractivity contribution in [2.75, 3.05) is 0 Å². The van der Waals surface area contributed by atoms with Crippen molar-refractivity contribution in [3.8, 4) is 5.06 Å². The SMILES string of the molecule is O=[C]Cc1ccsc1O. The molecule has 2 nitrogen and oxygen atoms in total. The van der Waals surface area contributed by atoms with E-state index in [-0.39, 0.29) is 11.5 Å². The van der Waals surface area contributed by atoms with E-state index >= 15 is 0 Å². The molecule has 1 rings (SSSR count). The standard InChI is InChI=1S/C6H5O2S/c7-3-1-5-2-4-9-6(5)8/h2,4,8H,1H2. The van der Waals surface area contributed by atoms with E-state index in [4.69, 9.17) is 5.11 Å². The molecule has 0 aliphatic heterocycles. The van der Waals surface area contributed by atoms with E-state index in [1.165, 1.54) is 11.3 Å². The van der Waals surface area contributed by atoms with Gasteiger partial charge >= 0.3 is 0 Å². The Labute approximate surface area is 56.8 Å². The fraction of sp³-hybridized carbons (Fsp3) is 0.167. The second-order valence-corrected chi connectivity index (χ2v) is 2.47. The average Bonchev–Trinajstić information content (AvgIpc) is 2.18. The predicted molar refractivity (Wildman–Crippen MR) is 35.4 cm³/mol. The fourth-order valence-corrected chi connectivity index (χ4v) is 1.19. The Morgan fingerprint density at radius 2 is 2.56 bits per heavy atom. The first kappa shape index (κ1) is 6.29. The highest BCUT2D eigenvalue weighted by molar-refractivity contribution is 7.11. The Kier molecular flexibility index (Phi) is 1.85. The van der Waals surface area contributed by atoms with Gasteiger partial charge in [-0.1, -0.05) is 0 Å². The van der Waals surface area contributed by atoms with Gasteiger partial charge in [0, 0.05) is 12.0 Å². The number of thiophene rings is 1. The second kappa shape index (κ2) is 2.64. The summed E-state index contributed by atoms with van der Waals surface area (Å²) in [7, 11) is 0. The van der Waals surface area contributed by atoms with Crippen LogP contribution in [0.1, 0.15) is 5.56 Å². The van der Waals surface area contributed by atoms with Crippen molar-refractivity contribution in [2.24, 2.45) is 0 Å². The molecule has 0 unspecified atom stereocenters. The van der Waals surface area contributed by atoms with Crippen LogP contribution in [0.5, 0.6) is 5.06 Å². The minimum Gasteiger partial charge on any atom is -0.499 e. The van der Waals surface area contributed by atoms with Crippen molar-refractivity contribution >= 4 is 17.6 Å². The molecule has 0 aliphatic rings. The molecule has 0 saturated heterocycles. The third-order valence-corrected chi connectivity index (χ3v) is 1.74. The van der Waals surface area contributed by atoms with Crippen molar-refractivity contribution in [1.82, 2.24) is 0 Å². The van der Waals surface area contributed by atoms with Crippen LogP contribution in [0, 0.1) is 0 Å². The highest BCUT2D eigenvalue weighted by atomic mass is 32.1. The zero-order valence-electron chi connectivity index (χ0n) is 4.63. The van der Waals surface area contributed by atoms with Gasteiger partial charge in [-0.25, -0.2) is 0 Å². The van der Waals surface area contributed by atoms with Crippen LogP contribution in [0.25, 0.3) is 0 Å². The van der Waals surface area contributed by atoms with Crippen LogP contribution in [0.4, 0.5) is 0 Å². The molecule has 1 heterocycles. The molecule has 0 bridgehead atoms. The molecular weight excluding hydrogens is 136 g/mol. The summed E-state index contributed by atoms with van der Waals surface area (Å²) in [5, 5.41) is 10.9. The quantitative estimate of drug-likeness (QED) is 0.669. The summed E-state index contributed by atoms with van der Waals surface area (Å²) in [6.45, 7) is 0. The third-order valence-electron chi connectivity index (χ3n) is 0.986. The van der Waals surface area contributed by atoms with Gasteiger partial charge in [0.15, 0.2) is 5.06 Å². The Balaban J connectivity index is 2.80. The van der Waals surface area contributed by atoms with Gasteiger partial charge in [-0.3, -0.25) is 4.79 Å². The molecular formula is C6H5O2S. The molecule has 1 N–H and O–H groups in total. The zero-order valence-corrected chi connectivity index (χ0v) is 5.44. The first-order valence-electron chi connectivity index (χ1n) is 2.45. The lowest BCUT2D eigenvalue weighted by atomic mass is 10.3. The molecule has 47 valence electrons. The van der Waals surface area contributed by atoms with E-state index in [0.717, 1.165) is 0 Å². The van der Waals surface area contributed by atoms with Crippen molar-refractivity contribution in [2.45, 2.75) is 6.42 Å². The smallest absolute Gasteiger partial charge is 0.203 e. The Hall–Kier alpha value is -0.830. The molecule has 0 saturated carbocycles. The van der Waals surface area contributed by atoms with Gasteiger partial charge in [-0.15, -0.1) is 11.3 Å². The lowest BCUT2D eigenvalue weighted by Gasteiger charge is -1.85. The highest BCUT2D eigenvalue weighted by Crippen LogP contribution is 2.23. The largest absolute Gasteiger partial charge is 0.499 e. The van der Waals surface area contributed by atoms with Gasteiger partial charge < -0.3 is 5.11 Å². The summed E-state index contributed by atoms with van der Waals surface area (Å²) in [4.78, 5) is 9.79. The Morgan fingerprint density at radius 1 is 1.78 bits per heavy atom. The number of aromatic hydroxyl groups is 1. The molecule has 0 fully saturated rings. The number of carbonyl (C=O) groups excluding carboxylic acids is 1. The van der Waals surface area contributed by atoms with Crippen LogP contribution in [0.3, 0.4) is 0 Å². The molecule has 0 aromatic carbocycles. The van der Waals surface area contributed by atoms with Crippen LogP contribution >= 0.6 is 11.3 Å². The van der Waals surface area contributed by atoms with Crippen molar-refractivity contribution in [1.29, 1.82) is 0 Å². The second-order valence-electron chi connectivity index (χ2n) is 1.57. The van der Waals surface area contributed by atoms with Gasteiger partial charge in [0.25, 0.3) is 0 Å². The summed E-state index contributed by atoms with van der Waals surface area (Å²) in [5.74, 6) is 0. The monoisotopic (exact) mass is 141 g/mol. The number of hydrogen-bond donors (Lipinski definition) is 1. The van der Waals surface area contributed by atoms with Gasteiger partial charge in [-0.2, -0.15) is 0 Å². The van der Waals surface area contributed by atoms with Gasteiger partial charge in [-0.05, 0) is 11.4 Å². The maximum Gasteiger partial charge on any atom is 0.203 e. The van der Waals surface area contributed by atoms with E-state index in [2.05, 4.69) is 0 Å². The van der Waals surface area contributed by atoms with Gasteiger partial charge in [0.05, 0.1) is 0 Å². The lowest BCUT2D eigenvalue weighted by Crippen LogP contribution is -1.79. The van der Waals surface area contributed by atoms with E-state index in [0.29, 0.717) is 5.56 Å². The molecule has 1 aromatic heterocycles. The topological polar surface area (TPSA) is 37.3 Å². The van der Waals surface area contributed by atoms with Crippen LogP contribution in [0.15, 0.2) is 11.4 Å². The van der Waals surface area contributed by atoms with Crippen LogP contribution in [-0.2, 0) is 11.2 Å². The molecule has 0 amide bonds. The summed E-state index contributed by atoms with van der Waals surface area (Å²) in [5.41, 5.74) is 0.662. The van der Waals surface area contributed by atoms with E-state index < -0.39 is 0 Å². The van der Waals surface area contributed by atoms with E-state index in [9.17, 15) is 4.79 Å². The molecule has 0 atom stereocenters. The average molecular weight is 141 g/mol. The number of hydrogen-bond acceptors (Lipinski definition) is 3. The summed E-state index contributed by atoms with van der Waals surface area (Å²) < 4.78 is 0. The molecule has 1 aromatic rings. The summed E-state index contributed by atoms with van der Waals surface area (Å²) >= 11 is 1.22. The molecule has 1 radical (unpaired) electrons. The van der Waals surface area contributed by atoms with Crippen LogP contribution in [-0.4, -0.2) is 11.4 Å². The van der Waals surface area contributed by atoms with E-state index in [1.54, 1.807) is 17.7 Å². The van der Waals surface area contributed by atoms with Crippen molar-refractivity contribution in [3.05, 3.63) is 17.0 Å². The maximum atomic E-state index is 9.79. The fourth-order valence-electron chi connectivity index (χ4n) is 0.540. The first-order chi connectivity index (χ1) is 4.34. The number of rotatable bonds is 2. The molecule has 0 spiro atoms. The molecule has 9 heavy (non-hydrogen) atoms. The minimum absolute atomic E-state index is 0.190. The molecule has 3 heteroatoms. The van der Waals surface area contributed by atoms with Crippen LogP contribution < -0.4 is 0 Å². The van der Waals surface area contributed by atoms with E-state index in [1.807, 2.05) is 0 Å². The van der Waals surface area contributed by atoms with Crippen molar-refractivity contribution < 1.29 is 9.90 Å². The summed E-state index contributed by atoms with van der Waals surface area (Å²) in [6, 6.07) is 1.71. The first-order valence-corrected chi connectivity index (χ1v) is 3.33. The minimum atomic E-state index is 0.190. The summed E-state index contributed by atoms with van der Waals surface area (Å²) in [6.07, 6.45) is 1.90. The third kappa shape index (κ3) is 1.29. The Bertz CT molecular complexity index is 205. The van der Waals surface area contributed by atoms with Crippen molar-refractivity contribution in [3.63, 3.8) is 0 Å². The normalized spacial score (nSPS) is 9.33. The zero-order chi connectivity index (χ0) is 6.69. The lowest BCUT2D eigenvalue weighted by molar-refractivity contribution is 0.485. The van der Waals surface area contributed by atoms with Gasteiger partial charge in [0.2, 0.25) is 6.29 Å². The maximum absolute atomic E-state index is 9.79. The van der Waals surface area contributed by atoms with Crippen LogP contribution in [0.2, 0.25) is 0 Å². The molecule has 0 aliphatic carbocycles. The highest BCUT2D eigenvalue weighted by Gasteiger charge is 1.99. The Morgan fingerprint density at radius 3 is 3.00 bits per heavy atom. The van der Waals surface area contributed by atoms with Gasteiger partial charge in [0.1, 0.15) is 0 Å². The predicted octanol–water partition coefficient (Wildman–Crippen LogP) is 1.11.